The van der Waals surface area contributed by atoms with Crippen molar-refractivity contribution < 1.29 is 29.7 Å². The monoisotopic (exact) mass is 372 g/mol. The first-order valence-corrected chi connectivity index (χ1v) is 8.23. The predicted molar refractivity (Wildman–Crippen MR) is 88.2 cm³/mol. The van der Waals surface area contributed by atoms with Crippen molar-refractivity contribution in [2.45, 2.75) is 50.8 Å². The first-order valence-electron chi connectivity index (χ1n) is 8.23. The molecule has 26 heavy (non-hydrogen) atoms. The highest BCUT2D eigenvalue weighted by atomic mass is 16.6. The second-order valence-corrected chi connectivity index (χ2v) is 6.20. The van der Waals surface area contributed by atoms with Crippen LogP contribution in [0.1, 0.15) is 26.5 Å². The minimum absolute atomic E-state index is 0.0708. The molecule has 1 fully saturated rings. The third kappa shape index (κ3) is 4.19. The Labute approximate surface area is 149 Å². The maximum atomic E-state index is 11.9. The molecule has 0 amide bonds. The summed E-state index contributed by atoms with van der Waals surface area (Å²) in [5.74, 6) is -0.785. The van der Waals surface area contributed by atoms with Gasteiger partial charge in [0.1, 0.15) is 31.0 Å². The number of nitrogens with zero attached hydrogens (tertiary/aromatic N) is 2. The van der Waals surface area contributed by atoms with Gasteiger partial charge in [-0.3, -0.25) is 20.0 Å². The molecule has 11 nitrogen and oxygen atoms in total. The summed E-state index contributed by atoms with van der Waals surface area (Å²) >= 11 is 0. The van der Waals surface area contributed by atoms with Gasteiger partial charge in [-0.15, -0.1) is 0 Å². The summed E-state index contributed by atoms with van der Waals surface area (Å²) in [5, 5.41) is 29.0. The summed E-state index contributed by atoms with van der Waals surface area (Å²) < 4.78 is 11.5. The Kier molecular flexibility index (Phi) is 6.67. The number of aromatic nitrogens is 2. The largest absolute Gasteiger partial charge is 0.462 e. The number of carbonyl (C=O) groups is 1. The highest BCUT2D eigenvalue weighted by Gasteiger charge is 2.45. The Bertz CT molecular complexity index is 682. The molecule has 1 aromatic rings. The van der Waals surface area contributed by atoms with Gasteiger partial charge < -0.3 is 25.4 Å². The molecule has 6 N–H and O–H groups in total. The smallest absolute Gasteiger partial charge is 0.351 e. The Morgan fingerprint density at radius 2 is 2.19 bits per heavy atom. The number of esters is 1. The van der Waals surface area contributed by atoms with Crippen LogP contribution in [0.25, 0.3) is 0 Å². The lowest BCUT2D eigenvalue weighted by Crippen LogP contribution is -2.41. The van der Waals surface area contributed by atoms with Crippen molar-refractivity contribution in [2.24, 2.45) is 11.7 Å². The first kappa shape index (κ1) is 20.3. The summed E-state index contributed by atoms with van der Waals surface area (Å²) in [6, 6.07) is 0.479. The first-order chi connectivity index (χ1) is 12.3. The molecular formula is C15H24N4O7. The van der Waals surface area contributed by atoms with E-state index in [9.17, 15) is 19.8 Å². The number of ether oxygens (including phenoxy) is 2. The fraction of sp³-hybridized carbons (Fsp3) is 0.667. The van der Waals surface area contributed by atoms with Gasteiger partial charge in [-0.05, 0) is 12.0 Å². The second kappa shape index (κ2) is 8.56. The van der Waals surface area contributed by atoms with Crippen LogP contribution in [0.2, 0.25) is 0 Å². The highest BCUT2D eigenvalue weighted by Crippen LogP contribution is 2.28. The zero-order valence-electron chi connectivity index (χ0n) is 14.5. The average Bonchev–Trinajstić information content (AvgIpc) is 2.92. The van der Waals surface area contributed by atoms with E-state index in [1.807, 2.05) is 13.8 Å². The van der Waals surface area contributed by atoms with Gasteiger partial charge >= 0.3 is 11.7 Å². The zero-order valence-corrected chi connectivity index (χ0v) is 14.5. The van der Waals surface area contributed by atoms with Crippen molar-refractivity contribution in [1.29, 1.82) is 0 Å². The van der Waals surface area contributed by atoms with E-state index in [1.165, 1.54) is 12.3 Å². The number of anilines is 1. The van der Waals surface area contributed by atoms with Gasteiger partial charge in [-0.1, -0.05) is 20.3 Å². The average molecular weight is 372 g/mol. The molecular weight excluding hydrogens is 348 g/mol. The van der Waals surface area contributed by atoms with Crippen LogP contribution in [0.15, 0.2) is 17.1 Å². The lowest BCUT2D eigenvalue weighted by Gasteiger charge is -2.19. The van der Waals surface area contributed by atoms with Crippen LogP contribution in [0.5, 0.6) is 0 Å². The van der Waals surface area contributed by atoms with E-state index in [0.717, 1.165) is 4.57 Å². The van der Waals surface area contributed by atoms with E-state index in [0.29, 0.717) is 6.42 Å². The van der Waals surface area contributed by atoms with E-state index in [4.69, 9.17) is 20.4 Å². The quantitative estimate of drug-likeness (QED) is 0.283. The number of nitrogens with two attached hydrogens (primary N) is 1. The van der Waals surface area contributed by atoms with Gasteiger partial charge in [0.15, 0.2) is 12.0 Å². The molecule has 0 aromatic carbocycles. The fourth-order valence-corrected chi connectivity index (χ4v) is 2.51. The van der Waals surface area contributed by atoms with E-state index >= 15 is 0 Å². The number of aliphatic hydroxyl groups is 2. The topological polar surface area (TPSA) is 169 Å². The van der Waals surface area contributed by atoms with Crippen molar-refractivity contribution in [1.82, 2.24) is 9.55 Å². The molecule has 146 valence electrons. The summed E-state index contributed by atoms with van der Waals surface area (Å²) in [6.45, 7) is 3.39. The summed E-state index contributed by atoms with van der Waals surface area (Å²) in [6.07, 6.45) is -3.13. The maximum Gasteiger partial charge on any atom is 0.351 e. The van der Waals surface area contributed by atoms with Crippen LogP contribution in [0.3, 0.4) is 0 Å². The van der Waals surface area contributed by atoms with Crippen LogP contribution in [0, 0.1) is 5.92 Å². The molecule has 1 aliphatic rings. The minimum atomic E-state index is -1.44. The van der Waals surface area contributed by atoms with Crippen molar-refractivity contribution in [3.63, 3.8) is 0 Å². The molecule has 0 aliphatic carbocycles. The Morgan fingerprint density at radius 1 is 1.50 bits per heavy atom. The molecule has 0 radical (unpaired) electrons. The third-order valence-corrected chi connectivity index (χ3v) is 4.47. The number of rotatable bonds is 7. The van der Waals surface area contributed by atoms with E-state index in [1.54, 1.807) is 5.48 Å². The molecule has 0 bridgehead atoms. The molecule has 1 aromatic heterocycles. The van der Waals surface area contributed by atoms with E-state index in [-0.39, 0.29) is 18.3 Å². The molecule has 2 rings (SSSR count). The Morgan fingerprint density at radius 3 is 2.77 bits per heavy atom. The molecule has 0 unspecified atom stereocenters. The Hall–Kier alpha value is -2.05. The minimum Gasteiger partial charge on any atom is -0.462 e. The number of nitrogens with one attached hydrogen (secondary N) is 1. The maximum absolute atomic E-state index is 11.9. The summed E-state index contributed by atoms with van der Waals surface area (Å²) in [7, 11) is 0. The number of hydrogen-bond acceptors (Lipinski definition) is 10. The lowest BCUT2D eigenvalue weighted by molar-refractivity contribution is -0.153. The molecule has 6 atom stereocenters. The summed E-state index contributed by atoms with van der Waals surface area (Å²) in [4.78, 5) is 27.4. The third-order valence-electron chi connectivity index (χ3n) is 4.47. The van der Waals surface area contributed by atoms with Crippen LogP contribution >= 0.6 is 0 Å². The number of aliphatic hydroxyl groups excluding tert-OH is 2. The lowest BCUT2D eigenvalue weighted by atomic mass is 10.0. The van der Waals surface area contributed by atoms with Gasteiger partial charge in [0.05, 0.1) is 0 Å². The van der Waals surface area contributed by atoms with Crippen molar-refractivity contribution in [2.75, 3.05) is 12.1 Å². The van der Waals surface area contributed by atoms with Gasteiger partial charge in [0, 0.05) is 6.20 Å². The highest BCUT2D eigenvalue weighted by molar-refractivity contribution is 5.75. The van der Waals surface area contributed by atoms with Gasteiger partial charge in [-0.2, -0.15) is 4.98 Å². The molecule has 2 heterocycles. The number of hydrogen-bond donors (Lipinski definition) is 5. The normalized spacial score (nSPS) is 27.8. The molecule has 0 spiro atoms. The SMILES string of the molecule is CC[C@@H](C)[C@@H](N)C(=O)OC[C@H]1O[C@@H](n2ccc(NO)nc2=O)[C@H](O)[C@@H]1O. The van der Waals surface area contributed by atoms with Crippen LogP contribution in [0.4, 0.5) is 5.82 Å². The summed E-state index contributed by atoms with van der Waals surface area (Å²) in [5.41, 5.74) is 6.69. The van der Waals surface area contributed by atoms with E-state index < -0.39 is 42.2 Å². The fourth-order valence-electron chi connectivity index (χ4n) is 2.51. The zero-order chi connectivity index (χ0) is 19.4. The molecule has 0 saturated carbocycles. The molecule has 1 aliphatic heterocycles. The number of carbonyl (C=O) groups excluding carboxylic acids is 1. The Balaban J connectivity index is 2.03. The van der Waals surface area contributed by atoms with Gasteiger partial charge in [0.25, 0.3) is 0 Å². The van der Waals surface area contributed by atoms with Crippen molar-refractivity contribution in [3.8, 4) is 0 Å². The van der Waals surface area contributed by atoms with Crippen LogP contribution < -0.4 is 16.9 Å². The van der Waals surface area contributed by atoms with Crippen LogP contribution in [-0.2, 0) is 14.3 Å². The standard InChI is InChI=1S/C15H24N4O7/c1-3-7(2)10(16)14(22)25-6-8-11(20)12(21)13(26-8)19-5-4-9(18-24)17-15(19)23/h4-5,7-8,10-13,20-21,24H,3,6,16H2,1-2H3,(H,17,18,23)/t7-,8-,10-,11-,12-,13-/m1/s1. The van der Waals surface area contributed by atoms with Crippen molar-refractivity contribution in [3.05, 3.63) is 22.7 Å². The second-order valence-electron chi connectivity index (χ2n) is 6.20. The molecule has 11 heteroatoms. The predicted octanol–water partition coefficient (Wildman–Crippen LogP) is -1.42. The van der Waals surface area contributed by atoms with Crippen LogP contribution in [-0.4, -0.2) is 61.9 Å². The van der Waals surface area contributed by atoms with Gasteiger partial charge in [0.2, 0.25) is 0 Å². The van der Waals surface area contributed by atoms with Gasteiger partial charge in [-0.25, -0.2) is 4.79 Å². The molecule has 1 saturated heterocycles. The van der Waals surface area contributed by atoms with E-state index in [2.05, 4.69) is 4.98 Å². The van der Waals surface area contributed by atoms with Crippen molar-refractivity contribution >= 4 is 11.8 Å².